The molecule has 0 spiro atoms. The number of carbonyl (C=O) groups is 1. The predicted molar refractivity (Wildman–Crippen MR) is 134 cm³/mol. The summed E-state index contributed by atoms with van der Waals surface area (Å²) in [5.74, 6) is 0.251. The third kappa shape index (κ3) is 4.65. The molecular weight excluding hydrogens is 444 g/mol. The lowest BCUT2D eigenvalue weighted by molar-refractivity contribution is 0.0958. The number of nitrogens with one attached hydrogen (secondary N) is 3. The van der Waals surface area contributed by atoms with Crippen LogP contribution in [-0.4, -0.2) is 32.5 Å². The van der Waals surface area contributed by atoms with Crippen LogP contribution < -0.4 is 21.5 Å². The van der Waals surface area contributed by atoms with E-state index in [-0.39, 0.29) is 23.2 Å². The van der Waals surface area contributed by atoms with Gasteiger partial charge in [-0.25, -0.2) is 15.0 Å². The van der Waals surface area contributed by atoms with Crippen molar-refractivity contribution in [2.45, 2.75) is 19.9 Å². The van der Waals surface area contributed by atoms with Gasteiger partial charge in [-0.15, -0.1) is 0 Å². The van der Waals surface area contributed by atoms with Crippen molar-refractivity contribution in [2.24, 2.45) is 7.05 Å². The number of nitriles is 1. The van der Waals surface area contributed by atoms with Crippen molar-refractivity contribution in [3.05, 3.63) is 81.9 Å². The van der Waals surface area contributed by atoms with Crippen LogP contribution in [0.2, 0.25) is 0 Å². The first-order valence-electron chi connectivity index (χ1n) is 10.9. The van der Waals surface area contributed by atoms with Crippen molar-refractivity contribution in [1.29, 1.82) is 5.26 Å². The number of aryl methyl sites for hydroxylation is 2. The van der Waals surface area contributed by atoms with Gasteiger partial charge in [0.1, 0.15) is 17.6 Å². The topological polar surface area (TPSA) is 138 Å². The van der Waals surface area contributed by atoms with Gasteiger partial charge in [-0.2, -0.15) is 5.26 Å². The lowest BCUT2D eigenvalue weighted by atomic mass is 10.1. The number of nitrogens with zero attached hydrogens (tertiary/aromatic N) is 5. The summed E-state index contributed by atoms with van der Waals surface area (Å²) in [4.78, 5) is 37.5. The van der Waals surface area contributed by atoms with Crippen LogP contribution in [0, 0.1) is 18.3 Å². The number of anilines is 3. The van der Waals surface area contributed by atoms with Crippen molar-refractivity contribution in [3.8, 4) is 6.07 Å². The van der Waals surface area contributed by atoms with Gasteiger partial charge in [0.2, 0.25) is 0 Å². The van der Waals surface area contributed by atoms with E-state index in [0.29, 0.717) is 34.1 Å². The Labute approximate surface area is 201 Å². The highest BCUT2D eigenvalue weighted by Crippen LogP contribution is 2.30. The molecule has 1 unspecified atom stereocenters. The first-order valence-corrected chi connectivity index (χ1v) is 10.9. The molecule has 1 aromatic carbocycles. The Morgan fingerprint density at radius 2 is 1.89 bits per heavy atom. The monoisotopic (exact) mass is 468 g/mol. The number of aromatic nitrogens is 4. The number of pyridine rings is 2. The van der Waals surface area contributed by atoms with Gasteiger partial charge >= 0.3 is 0 Å². The minimum atomic E-state index is -0.349. The van der Waals surface area contributed by atoms with Gasteiger partial charge in [0.25, 0.3) is 11.5 Å². The summed E-state index contributed by atoms with van der Waals surface area (Å²) in [7, 11) is 3.23. The third-order valence-electron chi connectivity index (χ3n) is 5.64. The van der Waals surface area contributed by atoms with Gasteiger partial charge in [0, 0.05) is 49.3 Å². The van der Waals surface area contributed by atoms with Gasteiger partial charge in [-0.05, 0) is 44.2 Å². The van der Waals surface area contributed by atoms with E-state index < -0.39 is 0 Å². The zero-order valence-corrected chi connectivity index (χ0v) is 19.7. The van der Waals surface area contributed by atoms with Crippen LogP contribution >= 0.6 is 0 Å². The molecule has 1 atom stereocenters. The maximum atomic E-state index is 12.6. The third-order valence-corrected chi connectivity index (χ3v) is 5.64. The zero-order valence-electron chi connectivity index (χ0n) is 19.7. The van der Waals surface area contributed by atoms with E-state index in [9.17, 15) is 14.9 Å². The molecule has 0 aliphatic rings. The Balaban J connectivity index is 1.78. The van der Waals surface area contributed by atoms with Gasteiger partial charge in [-0.3, -0.25) is 9.59 Å². The van der Waals surface area contributed by atoms with Crippen molar-refractivity contribution < 1.29 is 4.79 Å². The van der Waals surface area contributed by atoms with E-state index in [0.717, 1.165) is 10.9 Å². The molecule has 3 aromatic heterocycles. The number of benzene rings is 1. The summed E-state index contributed by atoms with van der Waals surface area (Å²) >= 11 is 0. The van der Waals surface area contributed by atoms with Crippen molar-refractivity contribution in [3.63, 3.8) is 0 Å². The normalized spacial score (nSPS) is 11.5. The maximum Gasteiger partial charge on any atom is 0.269 e. The van der Waals surface area contributed by atoms with E-state index in [1.165, 1.54) is 13.1 Å². The Morgan fingerprint density at radius 1 is 1.14 bits per heavy atom. The average Bonchev–Trinajstić information content (AvgIpc) is 2.87. The van der Waals surface area contributed by atoms with E-state index in [4.69, 9.17) is 0 Å². The summed E-state index contributed by atoms with van der Waals surface area (Å²) in [6.07, 6.45) is 3.34. The number of fused-ring (bicyclic) bond motifs is 1. The van der Waals surface area contributed by atoms with Crippen LogP contribution in [0.5, 0.6) is 0 Å². The molecule has 3 heterocycles. The smallest absolute Gasteiger partial charge is 0.269 e. The molecule has 0 saturated carbocycles. The molecule has 1 amide bonds. The number of hydrogen-bond acceptors (Lipinski definition) is 8. The molecule has 0 aliphatic heterocycles. The second-order valence-corrected chi connectivity index (χ2v) is 7.99. The number of amides is 1. The summed E-state index contributed by atoms with van der Waals surface area (Å²) in [5, 5.41) is 19.6. The standard InChI is InChI=1S/C25H24N8O2/c1-14-18(13-26)19(11-21(30-14)25(35)27-3)32-16-6-7-22-17(10-16)20(12-23(34)33(22)4)31-15(2)24-28-8-5-9-29-24/h5-12,15,31H,1-4H3,(H,27,35)(H,30,32). The van der Waals surface area contributed by atoms with E-state index in [1.807, 2.05) is 25.1 Å². The highest BCUT2D eigenvalue weighted by Gasteiger charge is 2.16. The van der Waals surface area contributed by atoms with Crippen LogP contribution in [0.1, 0.15) is 40.5 Å². The van der Waals surface area contributed by atoms with Gasteiger partial charge in [0.05, 0.1) is 28.5 Å². The Kier molecular flexibility index (Phi) is 6.42. The molecule has 176 valence electrons. The van der Waals surface area contributed by atoms with Crippen LogP contribution in [0.15, 0.2) is 53.6 Å². The van der Waals surface area contributed by atoms with Crippen LogP contribution in [0.4, 0.5) is 17.1 Å². The summed E-state index contributed by atoms with van der Waals surface area (Å²) < 4.78 is 1.56. The van der Waals surface area contributed by atoms with Crippen molar-refractivity contribution in [1.82, 2.24) is 24.8 Å². The van der Waals surface area contributed by atoms with E-state index >= 15 is 0 Å². The van der Waals surface area contributed by atoms with Crippen LogP contribution in [0.25, 0.3) is 10.9 Å². The molecule has 0 radical (unpaired) electrons. The fraction of sp³-hybridized carbons (Fsp3) is 0.200. The average molecular weight is 469 g/mol. The molecule has 35 heavy (non-hydrogen) atoms. The first-order chi connectivity index (χ1) is 16.8. The fourth-order valence-corrected chi connectivity index (χ4v) is 3.80. The molecule has 0 aliphatic carbocycles. The molecule has 10 nitrogen and oxygen atoms in total. The molecule has 3 N–H and O–H groups in total. The number of rotatable bonds is 6. The molecule has 4 rings (SSSR count). The molecular formula is C25H24N8O2. The van der Waals surface area contributed by atoms with Crippen molar-refractivity contribution >= 4 is 33.9 Å². The molecule has 0 saturated heterocycles. The Morgan fingerprint density at radius 3 is 2.57 bits per heavy atom. The van der Waals surface area contributed by atoms with Gasteiger partial charge < -0.3 is 20.5 Å². The Bertz CT molecular complexity index is 1520. The van der Waals surface area contributed by atoms with Gasteiger partial charge in [0.15, 0.2) is 0 Å². The van der Waals surface area contributed by atoms with Crippen molar-refractivity contribution in [2.75, 3.05) is 17.7 Å². The first kappa shape index (κ1) is 23.4. The van der Waals surface area contributed by atoms with Crippen LogP contribution in [-0.2, 0) is 7.05 Å². The SMILES string of the molecule is CNC(=O)c1cc(Nc2ccc3c(c2)c(NC(C)c2ncccn2)cc(=O)n3C)c(C#N)c(C)n1. The highest BCUT2D eigenvalue weighted by molar-refractivity contribution is 5.96. The largest absolute Gasteiger partial charge is 0.375 e. The van der Waals surface area contributed by atoms with E-state index in [2.05, 4.69) is 37.0 Å². The predicted octanol–water partition coefficient (Wildman–Crippen LogP) is 3.18. The minimum absolute atomic E-state index is 0.159. The summed E-state index contributed by atoms with van der Waals surface area (Å²) in [6, 6.07) is 12.2. The second kappa shape index (κ2) is 9.61. The fourth-order valence-electron chi connectivity index (χ4n) is 3.80. The number of carbonyl (C=O) groups excluding carboxylic acids is 1. The highest BCUT2D eigenvalue weighted by atomic mass is 16.1. The van der Waals surface area contributed by atoms with Crippen LogP contribution in [0.3, 0.4) is 0 Å². The molecule has 4 aromatic rings. The Hall–Kier alpha value is -4.78. The minimum Gasteiger partial charge on any atom is -0.375 e. The summed E-state index contributed by atoms with van der Waals surface area (Å²) in [6.45, 7) is 3.60. The zero-order chi connectivity index (χ0) is 25.1. The molecule has 0 fully saturated rings. The molecule has 10 heteroatoms. The maximum absolute atomic E-state index is 12.6. The lowest BCUT2D eigenvalue weighted by Gasteiger charge is -2.18. The summed E-state index contributed by atoms with van der Waals surface area (Å²) in [5.41, 5.74) is 3.32. The molecule has 0 bridgehead atoms. The van der Waals surface area contributed by atoms with E-state index in [1.54, 1.807) is 43.1 Å². The lowest BCUT2D eigenvalue weighted by Crippen LogP contribution is -2.20. The second-order valence-electron chi connectivity index (χ2n) is 7.99. The van der Waals surface area contributed by atoms with Gasteiger partial charge in [-0.1, -0.05) is 0 Å². The quantitative estimate of drug-likeness (QED) is 0.392. The number of hydrogen-bond donors (Lipinski definition) is 3.